The molecule has 4 rings (SSSR count). The van der Waals surface area contributed by atoms with Crippen LogP contribution in [0.25, 0.3) is 11.8 Å². The van der Waals surface area contributed by atoms with Gasteiger partial charge in [0.15, 0.2) is 0 Å². The lowest BCUT2D eigenvalue weighted by molar-refractivity contribution is 0.527. The summed E-state index contributed by atoms with van der Waals surface area (Å²) in [6, 6.07) is 12.0. The van der Waals surface area contributed by atoms with E-state index in [2.05, 4.69) is 58.2 Å². The van der Waals surface area contributed by atoms with Crippen molar-refractivity contribution in [1.29, 1.82) is 5.41 Å². The average molecular weight is 523 g/mol. The number of benzene rings is 1. The lowest BCUT2D eigenvalue weighted by Gasteiger charge is -2.23. The molecule has 0 radical (unpaired) electrons. The molecule has 8 heteroatoms. The number of nitrogen functional groups attached to an aromatic ring is 1. The van der Waals surface area contributed by atoms with Gasteiger partial charge in [0.25, 0.3) is 0 Å². The van der Waals surface area contributed by atoms with Crippen LogP contribution in [0.1, 0.15) is 48.1 Å². The van der Waals surface area contributed by atoms with E-state index in [0.29, 0.717) is 30.2 Å². The summed E-state index contributed by atoms with van der Waals surface area (Å²) in [4.78, 5) is 8.78. The van der Waals surface area contributed by atoms with Crippen molar-refractivity contribution in [2.75, 3.05) is 29.5 Å². The first-order valence-electron chi connectivity index (χ1n) is 13.2. The number of aromatic nitrogens is 2. The summed E-state index contributed by atoms with van der Waals surface area (Å²) < 4.78 is 0. The predicted molar refractivity (Wildman–Crippen MR) is 164 cm³/mol. The quantitative estimate of drug-likeness (QED) is 0.256. The number of hydrogen-bond donors (Lipinski definition) is 6. The van der Waals surface area contributed by atoms with E-state index in [9.17, 15) is 0 Å². The molecular formula is C31H38N8. The predicted octanol–water partition coefficient (Wildman–Crippen LogP) is 5.16. The molecule has 3 aromatic rings. The molecule has 0 spiro atoms. The molecule has 8 nitrogen and oxygen atoms in total. The SMILES string of the molecule is C=C(Nc1cc(C)ccn1)c1ccc(C(=N)c2c(N)ncc3c2NCC[C@@H](C)NC(=C)C(C)NC/C=C/3)cc1. The molecule has 1 unspecified atom stereocenters. The highest BCUT2D eigenvalue weighted by molar-refractivity contribution is 6.17. The second-order valence-corrected chi connectivity index (χ2v) is 9.94. The van der Waals surface area contributed by atoms with E-state index in [4.69, 9.17) is 11.1 Å². The van der Waals surface area contributed by atoms with E-state index in [1.165, 1.54) is 0 Å². The van der Waals surface area contributed by atoms with Crippen LogP contribution >= 0.6 is 0 Å². The Balaban J connectivity index is 1.59. The van der Waals surface area contributed by atoms with Gasteiger partial charge in [-0.05, 0) is 50.5 Å². The molecule has 0 saturated heterocycles. The molecule has 3 heterocycles. The standard InChI is InChI=1S/C31H38N8/c1-19-12-15-35-27(17-19)39-23(5)24-8-10-25(11-9-24)29(32)28-30-26(18-37-31(28)33)7-6-14-34-21(3)22(4)38-20(2)13-16-36-30/h6-12,15,17-18,20-21,32,34,36,38H,4-5,13-14,16H2,1-3H3,(H2,33,37)(H,35,39)/b7-6+,32-29?/t20-,21?/m1/s1. The van der Waals surface area contributed by atoms with Crippen LogP contribution in [0.5, 0.6) is 0 Å². The van der Waals surface area contributed by atoms with Gasteiger partial charge in [-0.3, -0.25) is 5.41 Å². The summed E-state index contributed by atoms with van der Waals surface area (Å²) in [5, 5.41) is 22.8. The van der Waals surface area contributed by atoms with Crippen molar-refractivity contribution in [3.05, 3.63) is 102 Å². The highest BCUT2D eigenvalue weighted by Gasteiger charge is 2.19. The summed E-state index contributed by atoms with van der Waals surface area (Å²) in [6.07, 6.45) is 8.45. The number of nitrogens with two attached hydrogens (primary N) is 1. The maximum absolute atomic E-state index is 9.09. The topological polar surface area (TPSA) is 124 Å². The summed E-state index contributed by atoms with van der Waals surface area (Å²) in [5.41, 5.74) is 13.4. The lowest BCUT2D eigenvalue weighted by Crippen LogP contribution is -2.37. The molecule has 2 atom stereocenters. The Morgan fingerprint density at radius 3 is 2.62 bits per heavy atom. The zero-order valence-electron chi connectivity index (χ0n) is 22.9. The van der Waals surface area contributed by atoms with Crippen LogP contribution in [0.2, 0.25) is 0 Å². The molecule has 7 N–H and O–H groups in total. The van der Waals surface area contributed by atoms with Crippen LogP contribution in [0.3, 0.4) is 0 Å². The highest BCUT2D eigenvalue weighted by Crippen LogP contribution is 2.29. The van der Waals surface area contributed by atoms with Gasteiger partial charge in [0.2, 0.25) is 0 Å². The van der Waals surface area contributed by atoms with Gasteiger partial charge in [-0.2, -0.15) is 0 Å². The fourth-order valence-electron chi connectivity index (χ4n) is 4.41. The third kappa shape index (κ3) is 6.91. The Kier molecular flexibility index (Phi) is 8.78. The molecule has 202 valence electrons. The van der Waals surface area contributed by atoms with Crippen molar-refractivity contribution in [3.8, 4) is 0 Å². The van der Waals surface area contributed by atoms with Crippen LogP contribution < -0.4 is 27.0 Å². The maximum Gasteiger partial charge on any atom is 0.134 e. The molecule has 0 aliphatic carbocycles. The number of fused-ring (bicyclic) bond motifs is 1. The molecule has 0 saturated carbocycles. The summed E-state index contributed by atoms with van der Waals surface area (Å²) in [7, 11) is 0. The minimum absolute atomic E-state index is 0.140. The van der Waals surface area contributed by atoms with Gasteiger partial charge in [-0.1, -0.05) is 49.6 Å². The van der Waals surface area contributed by atoms with E-state index >= 15 is 0 Å². The third-order valence-electron chi connectivity index (χ3n) is 6.78. The molecular weight excluding hydrogens is 484 g/mol. The Labute approximate surface area is 231 Å². The number of nitrogens with zero attached hydrogens (tertiary/aromatic N) is 2. The minimum atomic E-state index is 0.140. The fourth-order valence-corrected chi connectivity index (χ4v) is 4.41. The van der Waals surface area contributed by atoms with Crippen molar-refractivity contribution in [2.24, 2.45) is 0 Å². The smallest absolute Gasteiger partial charge is 0.134 e. The van der Waals surface area contributed by atoms with Crippen LogP contribution in [-0.2, 0) is 0 Å². The van der Waals surface area contributed by atoms with Crippen molar-refractivity contribution < 1.29 is 0 Å². The fraction of sp³-hybridized carbons (Fsp3) is 0.258. The van der Waals surface area contributed by atoms with Crippen molar-refractivity contribution in [1.82, 2.24) is 20.6 Å². The van der Waals surface area contributed by atoms with Gasteiger partial charge in [0.05, 0.1) is 17.0 Å². The Hall–Kier alpha value is -4.43. The summed E-state index contributed by atoms with van der Waals surface area (Å²) in [5.74, 6) is 1.06. The zero-order chi connectivity index (χ0) is 27.9. The molecule has 2 aromatic heterocycles. The van der Waals surface area contributed by atoms with Gasteiger partial charge in [0.1, 0.15) is 11.6 Å². The van der Waals surface area contributed by atoms with Crippen molar-refractivity contribution >= 4 is 34.8 Å². The number of rotatable bonds is 5. The molecule has 1 aromatic carbocycles. The molecule has 0 bridgehead atoms. The van der Waals surface area contributed by atoms with Gasteiger partial charge in [-0.25, -0.2) is 9.97 Å². The van der Waals surface area contributed by atoms with Gasteiger partial charge < -0.3 is 27.0 Å². The number of hydrogen-bond acceptors (Lipinski definition) is 8. The third-order valence-corrected chi connectivity index (χ3v) is 6.78. The van der Waals surface area contributed by atoms with Crippen LogP contribution in [0.15, 0.2) is 73.7 Å². The minimum Gasteiger partial charge on any atom is -0.385 e. The average Bonchev–Trinajstić information content (AvgIpc) is 2.92. The normalized spacial score (nSPS) is 18.7. The second-order valence-electron chi connectivity index (χ2n) is 9.94. The van der Waals surface area contributed by atoms with E-state index < -0.39 is 0 Å². The van der Waals surface area contributed by atoms with Crippen molar-refractivity contribution in [2.45, 2.75) is 39.3 Å². The van der Waals surface area contributed by atoms with Gasteiger partial charge in [-0.15, -0.1) is 0 Å². The van der Waals surface area contributed by atoms with E-state index in [1.54, 1.807) is 12.4 Å². The molecule has 1 aliphatic heterocycles. The number of aryl methyl sites for hydroxylation is 1. The van der Waals surface area contributed by atoms with E-state index in [-0.39, 0.29) is 12.1 Å². The van der Waals surface area contributed by atoms with Crippen LogP contribution in [0, 0.1) is 12.3 Å². The largest absolute Gasteiger partial charge is 0.385 e. The van der Waals surface area contributed by atoms with Crippen LogP contribution in [-0.4, -0.2) is 40.9 Å². The van der Waals surface area contributed by atoms with Crippen LogP contribution in [0.4, 0.5) is 17.3 Å². The van der Waals surface area contributed by atoms with E-state index in [1.807, 2.05) is 55.5 Å². The Morgan fingerprint density at radius 2 is 1.87 bits per heavy atom. The first kappa shape index (κ1) is 27.6. The number of anilines is 3. The first-order valence-corrected chi connectivity index (χ1v) is 13.2. The molecule has 0 amide bonds. The van der Waals surface area contributed by atoms with Gasteiger partial charge in [0, 0.05) is 60.1 Å². The first-order chi connectivity index (χ1) is 18.7. The zero-order valence-corrected chi connectivity index (χ0v) is 22.9. The van der Waals surface area contributed by atoms with Gasteiger partial charge >= 0.3 is 0 Å². The Bertz CT molecular complexity index is 1390. The summed E-state index contributed by atoms with van der Waals surface area (Å²) >= 11 is 0. The van der Waals surface area contributed by atoms with E-state index in [0.717, 1.165) is 51.6 Å². The maximum atomic E-state index is 9.09. The Morgan fingerprint density at radius 1 is 1.13 bits per heavy atom. The van der Waals surface area contributed by atoms with Crippen molar-refractivity contribution in [3.63, 3.8) is 0 Å². The number of pyridine rings is 2. The molecule has 39 heavy (non-hydrogen) atoms. The monoisotopic (exact) mass is 522 g/mol. The molecule has 0 fully saturated rings. The second kappa shape index (κ2) is 12.4. The number of nitrogens with one attached hydrogen (secondary N) is 5. The lowest BCUT2D eigenvalue weighted by atomic mass is 9.97. The highest BCUT2D eigenvalue weighted by atomic mass is 15.0. The molecule has 1 aliphatic rings. The summed E-state index contributed by atoms with van der Waals surface area (Å²) in [6.45, 7) is 16.0.